The maximum Gasteiger partial charge on any atom is 0.0740 e. The Bertz CT molecular complexity index is 1090. The third-order valence-electron chi connectivity index (χ3n) is 4.10. The largest absolute Gasteiger partial charge is 0.195 e. The van der Waals surface area contributed by atoms with Crippen molar-refractivity contribution < 1.29 is 0 Å². The first-order valence-corrected chi connectivity index (χ1v) is 9.58. The summed E-state index contributed by atoms with van der Waals surface area (Å²) in [6.45, 7) is 2.14. The van der Waals surface area contributed by atoms with Crippen molar-refractivity contribution in [3.63, 3.8) is 0 Å². The molecular weight excluding hydrogens is 358 g/mol. The fourth-order valence-electron chi connectivity index (χ4n) is 2.60. The molecule has 3 aromatic rings. The van der Waals surface area contributed by atoms with Gasteiger partial charge in [0.05, 0.1) is 10.8 Å². The normalized spacial score (nSPS) is 9.32. The average Bonchev–Trinajstić information content (AvgIpc) is 2.75. The molecule has 28 heavy (non-hydrogen) atoms. The number of nitrogens with zero attached hydrogens (tertiary/aromatic N) is 1. The van der Waals surface area contributed by atoms with Crippen LogP contribution in [0.15, 0.2) is 77.8 Å². The molecule has 0 bridgehead atoms. The van der Waals surface area contributed by atoms with Gasteiger partial charge in [0.25, 0.3) is 0 Å². The van der Waals surface area contributed by atoms with E-state index < -0.39 is 0 Å². The fourth-order valence-corrected chi connectivity index (χ4v) is 2.70. The molecule has 3 aromatic carbocycles. The molecule has 2 heteroatoms. The zero-order valence-corrected chi connectivity index (χ0v) is 16.5. The van der Waals surface area contributed by atoms with Crippen LogP contribution >= 0.6 is 12.2 Å². The summed E-state index contributed by atoms with van der Waals surface area (Å²) < 4.78 is 0. The van der Waals surface area contributed by atoms with Gasteiger partial charge in [-0.15, -0.1) is 0 Å². The molecule has 0 aliphatic heterocycles. The molecule has 0 spiro atoms. The zero-order chi connectivity index (χ0) is 19.6. The van der Waals surface area contributed by atoms with Gasteiger partial charge in [-0.05, 0) is 78.3 Å². The summed E-state index contributed by atoms with van der Waals surface area (Å²) in [7, 11) is 0. The van der Waals surface area contributed by atoms with Crippen molar-refractivity contribution in [2.75, 3.05) is 0 Å². The molecule has 0 unspecified atom stereocenters. The summed E-state index contributed by atoms with van der Waals surface area (Å²) in [4.78, 5) is 3.94. The van der Waals surface area contributed by atoms with Crippen LogP contribution in [0.5, 0.6) is 0 Å². The molecule has 0 radical (unpaired) electrons. The Hall–Kier alpha value is -3.42. The third-order valence-corrected chi connectivity index (χ3v) is 4.20. The summed E-state index contributed by atoms with van der Waals surface area (Å²) in [5, 5.41) is 2.36. The van der Waals surface area contributed by atoms with Crippen LogP contribution in [0.3, 0.4) is 0 Å². The highest BCUT2D eigenvalue weighted by Crippen LogP contribution is 2.20. The predicted octanol–water partition coefficient (Wildman–Crippen LogP) is 6.64. The molecule has 0 saturated carbocycles. The Balaban J connectivity index is 1.70. The lowest BCUT2D eigenvalue weighted by Crippen LogP contribution is -1.81. The lowest BCUT2D eigenvalue weighted by molar-refractivity contribution is 0.983. The monoisotopic (exact) mass is 377 g/mol. The van der Waals surface area contributed by atoms with Gasteiger partial charge in [0.15, 0.2) is 0 Å². The van der Waals surface area contributed by atoms with E-state index in [-0.39, 0.29) is 0 Å². The van der Waals surface area contributed by atoms with Gasteiger partial charge in [0.1, 0.15) is 0 Å². The van der Waals surface area contributed by atoms with Crippen molar-refractivity contribution in [2.45, 2.75) is 19.8 Å². The molecule has 3 rings (SSSR count). The summed E-state index contributed by atoms with van der Waals surface area (Å²) in [5.41, 5.74) is 6.10. The van der Waals surface area contributed by atoms with Crippen LogP contribution in [0.25, 0.3) is 11.1 Å². The second-order valence-electron chi connectivity index (χ2n) is 6.21. The molecule has 0 N–H and O–H groups in total. The number of benzene rings is 3. The van der Waals surface area contributed by atoms with Crippen LogP contribution in [-0.2, 0) is 0 Å². The van der Waals surface area contributed by atoms with Crippen LogP contribution in [0.4, 0.5) is 5.69 Å². The highest BCUT2D eigenvalue weighted by Gasteiger charge is 1.98. The maximum atomic E-state index is 4.60. The lowest BCUT2D eigenvalue weighted by atomic mass is 10.0. The van der Waals surface area contributed by atoms with Crippen LogP contribution < -0.4 is 0 Å². The van der Waals surface area contributed by atoms with Gasteiger partial charge in [-0.25, -0.2) is 0 Å². The van der Waals surface area contributed by atoms with Crippen molar-refractivity contribution in [2.24, 2.45) is 4.99 Å². The summed E-state index contributed by atoms with van der Waals surface area (Å²) in [5.74, 6) is 12.7. The molecule has 0 saturated heterocycles. The van der Waals surface area contributed by atoms with Gasteiger partial charge in [-0.1, -0.05) is 54.9 Å². The second-order valence-corrected chi connectivity index (χ2v) is 6.39. The summed E-state index contributed by atoms with van der Waals surface area (Å²) >= 11 is 4.60. The Morgan fingerprint density at radius 2 is 1.14 bits per heavy atom. The summed E-state index contributed by atoms with van der Waals surface area (Å²) in [6, 6.07) is 24.3. The van der Waals surface area contributed by atoms with Crippen LogP contribution in [-0.4, -0.2) is 5.16 Å². The molecule has 0 aliphatic rings. The second kappa shape index (κ2) is 10.1. The first-order chi connectivity index (χ1) is 13.8. The molecular formula is C26H19NS. The molecule has 0 aromatic heterocycles. The highest BCUT2D eigenvalue weighted by molar-refractivity contribution is 7.78. The van der Waals surface area contributed by atoms with E-state index in [1.54, 1.807) is 0 Å². The molecule has 1 nitrogen and oxygen atoms in total. The topological polar surface area (TPSA) is 12.4 Å². The van der Waals surface area contributed by atoms with Crippen molar-refractivity contribution >= 4 is 23.1 Å². The zero-order valence-electron chi connectivity index (χ0n) is 15.7. The molecule has 0 amide bonds. The van der Waals surface area contributed by atoms with Crippen molar-refractivity contribution in [1.29, 1.82) is 0 Å². The van der Waals surface area contributed by atoms with Gasteiger partial charge in [-0.3, -0.25) is 0 Å². The van der Waals surface area contributed by atoms with Crippen LogP contribution in [0.2, 0.25) is 0 Å². The van der Waals surface area contributed by atoms with Crippen molar-refractivity contribution in [3.8, 4) is 34.8 Å². The van der Waals surface area contributed by atoms with Gasteiger partial charge >= 0.3 is 0 Å². The van der Waals surface area contributed by atoms with E-state index in [9.17, 15) is 0 Å². The number of unbranched alkanes of at least 4 members (excludes halogenated alkanes) is 1. The standard InChI is InChI=1S/C26H19NS/c1-2-3-4-5-21-8-14-24(15-9-21)25-16-10-22(11-17-25)6-7-23-12-18-26(19-13-23)27-20-28/h8-19H,2-3H2,1H3. The lowest BCUT2D eigenvalue weighted by Gasteiger charge is -2.02. The minimum Gasteiger partial charge on any atom is -0.195 e. The van der Waals surface area contributed by atoms with Crippen molar-refractivity contribution in [1.82, 2.24) is 0 Å². The third kappa shape index (κ3) is 5.54. The first-order valence-electron chi connectivity index (χ1n) is 9.18. The van der Waals surface area contributed by atoms with Gasteiger partial charge in [-0.2, -0.15) is 4.99 Å². The highest BCUT2D eigenvalue weighted by atomic mass is 32.1. The first kappa shape index (κ1) is 19.3. The minimum atomic E-state index is 0.785. The predicted molar refractivity (Wildman–Crippen MR) is 121 cm³/mol. The average molecular weight is 378 g/mol. The quantitative estimate of drug-likeness (QED) is 0.283. The SMILES string of the molecule is CCCC#Cc1ccc(-c2ccc(C#Cc3ccc(N=C=S)cc3)cc2)cc1. The molecule has 0 heterocycles. The van der Waals surface area contributed by atoms with E-state index in [0.29, 0.717) is 0 Å². The van der Waals surface area contributed by atoms with Gasteiger partial charge in [0.2, 0.25) is 0 Å². The molecule has 0 atom stereocenters. The molecule has 0 fully saturated rings. The summed E-state index contributed by atoms with van der Waals surface area (Å²) in [6.07, 6.45) is 2.03. The number of hydrogen-bond donors (Lipinski definition) is 0. The van der Waals surface area contributed by atoms with E-state index in [1.807, 2.05) is 36.4 Å². The van der Waals surface area contributed by atoms with E-state index in [0.717, 1.165) is 35.2 Å². The minimum absolute atomic E-state index is 0.785. The molecule has 0 aliphatic carbocycles. The number of aliphatic imine (C=N–C) groups is 1. The molecule has 134 valence electrons. The number of thiocarbonyl (C=S) groups is 1. The van der Waals surface area contributed by atoms with E-state index >= 15 is 0 Å². The van der Waals surface area contributed by atoms with Gasteiger partial charge in [0, 0.05) is 23.1 Å². The maximum absolute atomic E-state index is 4.60. The number of isothiocyanates is 1. The van der Waals surface area contributed by atoms with Crippen molar-refractivity contribution in [3.05, 3.63) is 89.5 Å². The fraction of sp³-hybridized carbons (Fsp3) is 0.115. The van der Waals surface area contributed by atoms with E-state index in [1.165, 1.54) is 11.1 Å². The Labute approximate surface area is 172 Å². The number of hydrogen-bond acceptors (Lipinski definition) is 2. The van der Waals surface area contributed by atoms with Crippen LogP contribution in [0, 0.1) is 23.7 Å². The Morgan fingerprint density at radius 1 is 0.679 bits per heavy atom. The van der Waals surface area contributed by atoms with E-state index in [4.69, 9.17) is 0 Å². The Morgan fingerprint density at radius 3 is 1.61 bits per heavy atom. The van der Waals surface area contributed by atoms with Gasteiger partial charge < -0.3 is 0 Å². The smallest absolute Gasteiger partial charge is 0.0740 e. The van der Waals surface area contributed by atoms with E-state index in [2.05, 4.69) is 89.4 Å². The Kier molecular flexibility index (Phi) is 6.95. The number of rotatable bonds is 3. The van der Waals surface area contributed by atoms with Crippen LogP contribution in [0.1, 0.15) is 36.5 Å².